The summed E-state index contributed by atoms with van der Waals surface area (Å²) in [5, 5.41) is 9.39. The normalized spacial score (nSPS) is 29.4. The van der Waals surface area contributed by atoms with Gasteiger partial charge in [0.2, 0.25) is 5.91 Å². The first-order chi connectivity index (χ1) is 9.54. The number of amides is 1. The number of nitrogens with zero attached hydrogens (tertiary/aromatic N) is 1. The largest absolute Gasteiger partial charge is 0.480 e. The maximum absolute atomic E-state index is 12.3. The molecule has 4 nitrogen and oxygen atoms in total. The van der Waals surface area contributed by atoms with Gasteiger partial charge in [0.15, 0.2) is 0 Å². The molecule has 1 N–H and O–H groups in total. The molecule has 0 spiro atoms. The van der Waals surface area contributed by atoms with Crippen LogP contribution < -0.4 is 0 Å². The molecule has 5 heteroatoms. The number of likely N-dealkylation sites (tertiary alicyclic amines) is 1. The van der Waals surface area contributed by atoms with Gasteiger partial charge in [-0.05, 0) is 18.3 Å². The van der Waals surface area contributed by atoms with E-state index in [0.29, 0.717) is 30.6 Å². The molecule has 1 saturated carbocycles. The van der Waals surface area contributed by atoms with Gasteiger partial charge < -0.3 is 10.0 Å². The lowest BCUT2D eigenvalue weighted by atomic mass is 9.79. The van der Waals surface area contributed by atoms with Gasteiger partial charge in [0.05, 0.1) is 0 Å². The predicted molar refractivity (Wildman–Crippen MR) is 80.8 cm³/mol. The fraction of sp³-hybridized carbons (Fsp3) is 0.867. The van der Waals surface area contributed by atoms with E-state index < -0.39 is 12.0 Å². The van der Waals surface area contributed by atoms with Crippen molar-refractivity contribution in [2.24, 2.45) is 17.8 Å². The van der Waals surface area contributed by atoms with Crippen molar-refractivity contribution >= 4 is 24.5 Å². The highest BCUT2D eigenvalue weighted by atomic mass is 32.1. The number of carboxylic acid groups (broad SMARTS) is 1. The molecular weight excluding hydrogens is 274 g/mol. The maximum Gasteiger partial charge on any atom is 0.326 e. The molecule has 0 aromatic heterocycles. The number of thiol groups is 1. The van der Waals surface area contributed by atoms with Crippen LogP contribution in [0.15, 0.2) is 0 Å². The number of hydrogen-bond donors (Lipinski definition) is 2. The molecule has 3 atom stereocenters. The van der Waals surface area contributed by atoms with E-state index in [4.69, 9.17) is 0 Å². The highest BCUT2D eigenvalue weighted by molar-refractivity contribution is 7.80. The molecule has 114 valence electrons. The Labute approximate surface area is 126 Å². The molecule has 0 radical (unpaired) electrons. The second-order valence-electron chi connectivity index (χ2n) is 6.32. The van der Waals surface area contributed by atoms with Crippen LogP contribution in [0.3, 0.4) is 0 Å². The Morgan fingerprint density at radius 3 is 2.45 bits per heavy atom. The van der Waals surface area contributed by atoms with Gasteiger partial charge in [0.1, 0.15) is 6.04 Å². The van der Waals surface area contributed by atoms with Gasteiger partial charge in [-0.2, -0.15) is 12.6 Å². The first-order valence-corrected chi connectivity index (χ1v) is 8.32. The molecule has 2 unspecified atom stereocenters. The number of aliphatic carboxylic acids is 1. The topological polar surface area (TPSA) is 57.6 Å². The summed E-state index contributed by atoms with van der Waals surface area (Å²) in [4.78, 5) is 25.4. The van der Waals surface area contributed by atoms with Crippen LogP contribution in [0.1, 0.15) is 45.4 Å². The Morgan fingerprint density at radius 1 is 1.25 bits per heavy atom. The average molecular weight is 299 g/mol. The van der Waals surface area contributed by atoms with E-state index in [2.05, 4.69) is 12.6 Å². The van der Waals surface area contributed by atoms with Crippen molar-refractivity contribution in [3.8, 4) is 0 Å². The Balaban J connectivity index is 2.06. The molecule has 2 fully saturated rings. The number of carboxylic acids is 1. The minimum Gasteiger partial charge on any atom is -0.480 e. The molecule has 1 saturated heterocycles. The van der Waals surface area contributed by atoms with Crippen molar-refractivity contribution in [2.45, 2.75) is 51.5 Å². The summed E-state index contributed by atoms with van der Waals surface area (Å²) in [5.74, 6) is 0.330. The third kappa shape index (κ3) is 3.30. The zero-order chi connectivity index (χ0) is 14.7. The molecule has 20 heavy (non-hydrogen) atoms. The predicted octanol–water partition coefficient (Wildman–Crippen LogP) is 2.43. The van der Waals surface area contributed by atoms with Crippen LogP contribution in [0, 0.1) is 17.8 Å². The van der Waals surface area contributed by atoms with Gasteiger partial charge in [0, 0.05) is 18.2 Å². The number of hydrogen-bond acceptors (Lipinski definition) is 3. The van der Waals surface area contributed by atoms with Gasteiger partial charge in [-0.15, -0.1) is 0 Å². The van der Waals surface area contributed by atoms with Crippen LogP contribution in [0.25, 0.3) is 0 Å². The minimum absolute atomic E-state index is 0.0503. The van der Waals surface area contributed by atoms with Crippen LogP contribution in [-0.2, 0) is 9.59 Å². The molecule has 0 bridgehead atoms. The van der Waals surface area contributed by atoms with E-state index in [-0.39, 0.29) is 11.8 Å². The van der Waals surface area contributed by atoms with Crippen LogP contribution in [0.5, 0.6) is 0 Å². The highest BCUT2D eigenvalue weighted by Crippen LogP contribution is 2.38. The Morgan fingerprint density at radius 2 is 1.90 bits per heavy atom. The Bertz CT molecular complexity index is 368. The zero-order valence-corrected chi connectivity index (χ0v) is 13.0. The van der Waals surface area contributed by atoms with Gasteiger partial charge in [0.25, 0.3) is 0 Å². The van der Waals surface area contributed by atoms with E-state index in [9.17, 15) is 14.7 Å². The summed E-state index contributed by atoms with van der Waals surface area (Å²) in [5.41, 5.74) is 0. The zero-order valence-electron chi connectivity index (χ0n) is 12.1. The lowest BCUT2D eigenvalue weighted by Gasteiger charge is -2.28. The first kappa shape index (κ1) is 15.7. The van der Waals surface area contributed by atoms with Crippen molar-refractivity contribution in [3.05, 3.63) is 0 Å². The number of carbonyl (C=O) groups is 2. The first-order valence-electron chi connectivity index (χ1n) is 7.68. The summed E-state index contributed by atoms with van der Waals surface area (Å²) in [6, 6.07) is -0.628. The van der Waals surface area contributed by atoms with E-state index in [1.54, 1.807) is 4.90 Å². The van der Waals surface area contributed by atoms with Crippen molar-refractivity contribution in [2.75, 3.05) is 12.3 Å². The molecule has 1 amide bonds. The summed E-state index contributed by atoms with van der Waals surface area (Å²) >= 11 is 4.16. The molecule has 1 aliphatic heterocycles. The summed E-state index contributed by atoms with van der Waals surface area (Å²) < 4.78 is 0. The number of rotatable bonds is 4. The van der Waals surface area contributed by atoms with E-state index in [1.807, 2.05) is 6.92 Å². The summed E-state index contributed by atoms with van der Waals surface area (Å²) in [6.07, 6.45) is 6.82. The SMILES string of the molecule is CC(CS)C(=O)N1CC(C2CCCCC2)C[C@H]1C(=O)O. The van der Waals surface area contributed by atoms with Gasteiger partial charge >= 0.3 is 5.97 Å². The van der Waals surface area contributed by atoms with Crippen LogP contribution >= 0.6 is 12.6 Å². The molecular formula is C15H25NO3S. The van der Waals surface area contributed by atoms with Crippen molar-refractivity contribution in [3.63, 3.8) is 0 Å². The fourth-order valence-corrected chi connectivity index (χ4v) is 3.81. The molecule has 0 aromatic rings. The second kappa shape index (κ2) is 6.83. The van der Waals surface area contributed by atoms with Gasteiger partial charge in [-0.25, -0.2) is 4.79 Å². The third-order valence-electron chi connectivity index (χ3n) is 4.91. The molecule has 1 heterocycles. The molecule has 2 aliphatic rings. The highest BCUT2D eigenvalue weighted by Gasteiger charge is 2.43. The van der Waals surface area contributed by atoms with Crippen LogP contribution in [0.2, 0.25) is 0 Å². The van der Waals surface area contributed by atoms with Crippen LogP contribution in [-0.4, -0.2) is 40.2 Å². The maximum atomic E-state index is 12.3. The smallest absolute Gasteiger partial charge is 0.326 e. The fourth-order valence-electron chi connectivity index (χ4n) is 3.65. The average Bonchev–Trinajstić information content (AvgIpc) is 2.92. The van der Waals surface area contributed by atoms with Gasteiger partial charge in [-0.3, -0.25) is 4.79 Å². The van der Waals surface area contributed by atoms with Crippen LogP contribution in [0.4, 0.5) is 0 Å². The Hall–Kier alpha value is -0.710. The molecule has 1 aliphatic carbocycles. The quantitative estimate of drug-likeness (QED) is 0.784. The lowest BCUT2D eigenvalue weighted by molar-refractivity contribution is -0.149. The van der Waals surface area contributed by atoms with Gasteiger partial charge in [-0.1, -0.05) is 39.0 Å². The minimum atomic E-state index is -0.858. The van der Waals surface area contributed by atoms with E-state index >= 15 is 0 Å². The lowest BCUT2D eigenvalue weighted by Crippen LogP contribution is -2.43. The standard InChI is InChI=1S/C15H25NO3S/c1-10(9-20)14(17)16-8-12(7-13(16)15(18)19)11-5-3-2-4-6-11/h10-13,20H,2-9H2,1H3,(H,18,19)/t10?,12?,13-/m0/s1. The molecule has 2 rings (SSSR count). The summed E-state index contributed by atoms with van der Waals surface area (Å²) in [6.45, 7) is 2.45. The van der Waals surface area contributed by atoms with Crippen molar-refractivity contribution in [1.29, 1.82) is 0 Å². The third-order valence-corrected chi connectivity index (χ3v) is 5.46. The molecule has 0 aromatic carbocycles. The van der Waals surface area contributed by atoms with Crippen molar-refractivity contribution < 1.29 is 14.7 Å². The summed E-state index contributed by atoms with van der Waals surface area (Å²) in [7, 11) is 0. The van der Waals surface area contributed by atoms with E-state index in [0.717, 1.165) is 0 Å². The number of carbonyl (C=O) groups excluding carboxylic acids is 1. The van der Waals surface area contributed by atoms with Crippen molar-refractivity contribution in [1.82, 2.24) is 4.90 Å². The Kier molecular flexibility index (Phi) is 5.35. The second-order valence-corrected chi connectivity index (χ2v) is 6.69. The van der Waals surface area contributed by atoms with E-state index in [1.165, 1.54) is 32.1 Å². The monoisotopic (exact) mass is 299 g/mol.